The molecule has 0 saturated heterocycles. The molecule has 0 bridgehead atoms. The largest absolute Gasteiger partial charge is 0.342 e. The fourth-order valence-corrected chi connectivity index (χ4v) is 7.80. The van der Waals surface area contributed by atoms with Gasteiger partial charge in [0.25, 0.3) is 0 Å². The van der Waals surface area contributed by atoms with Crippen LogP contribution in [0.3, 0.4) is 0 Å². The average Bonchev–Trinajstić information content (AvgIpc) is 3.03. The third kappa shape index (κ3) is 5.10. The van der Waals surface area contributed by atoms with E-state index in [0.29, 0.717) is 5.56 Å². The molecule has 4 aromatic rings. The molecule has 4 aromatic carbocycles. The van der Waals surface area contributed by atoms with Crippen LogP contribution in [0.1, 0.15) is 78.0 Å². The van der Waals surface area contributed by atoms with Crippen LogP contribution in [0, 0.1) is 0 Å². The van der Waals surface area contributed by atoms with Crippen LogP contribution in [0.15, 0.2) is 107 Å². The molecule has 1 aliphatic heterocycles. The molecule has 0 saturated carbocycles. The minimum Gasteiger partial charge on any atom is -0.342 e. The van der Waals surface area contributed by atoms with Gasteiger partial charge in [0.2, 0.25) is 0 Å². The van der Waals surface area contributed by atoms with Crippen LogP contribution in [-0.2, 0) is 10.3 Å². The van der Waals surface area contributed by atoms with Crippen molar-refractivity contribution in [2.45, 2.75) is 67.3 Å². The number of rotatable bonds is 8. The van der Waals surface area contributed by atoms with Crippen molar-refractivity contribution < 1.29 is 9.53 Å². The Morgan fingerprint density at radius 3 is 1.91 bits per heavy atom. The predicted molar refractivity (Wildman–Crippen MR) is 182 cm³/mol. The minimum atomic E-state index is -1.04. The summed E-state index contributed by atoms with van der Waals surface area (Å²) in [5, 5.41) is 0. The van der Waals surface area contributed by atoms with Gasteiger partial charge in [-0.05, 0) is 98.4 Å². The molecule has 220 valence electrons. The summed E-state index contributed by atoms with van der Waals surface area (Å²) in [5.41, 5.74) is 6.04. The van der Waals surface area contributed by atoms with Crippen molar-refractivity contribution in [3.05, 3.63) is 130 Å². The lowest BCUT2D eigenvalue weighted by Crippen LogP contribution is -2.52. The van der Waals surface area contributed by atoms with E-state index in [0.717, 1.165) is 38.3 Å². The summed E-state index contributed by atoms with van der Waals surface area (Å²) in [4.78, 5) is 19.8. The van der Waals surface area contributed by atoms with Gasteiger partial charge in [0, 0.05) is 33.0 Å². The van der Waals surface area contributed by atoms with Gasteiger partial charge >= 0.3 is 0 Å². The average molecular weight is 606 g/mol. The second-order valence-electron chi connectivity index (χ2n) is 11.9. The number of hydrogen-bond donors (Lipinski definition) is 0. The van der Waals surface area contributed by atoms with Gasteiger partial charge in [-0.1, -0.05) is 72.8 Å². The highest BCUT2D eigenvalue weighted by atomic mass is 32.2. The smallest absolute Gasteiger partial charge is 0.173 e. The van der Waals surface area contributed by atoms with E-state index in [2.05, 4.69) is 118 Å². The summed E-state index contributed by atoms with van der Waals surface area (Å²) in [6.45, 7) is 8.90. The van der Waals surface area contributed by atoms with Gasteiger partial charge < -0.3 is 4.74 Å². The number of ketones is 1. The molecule has 0 N–H and O–H groups in total. The Labute approximate surface area is 264 Å². The fraction of sp³-hybridized carbons (Fsp3) is 0.289. The van der Waals surface area contributed by atoms with Crippen LogP contribution >= 0.6 is 23.5 Å². The Balaban J connectivity index is 1.69. The highest BCUT2D eigenvalue weighted by Gasteiger charge is 2.57. The predicted octanol–water partition coefficient (Wildman–Crippen LogP) is 9.69. The monoisotopic (exact) mass is 605 g/mol. The number of carbonyl (C=O) groups is 1. The van der Waals surface area contributed by atoms with Gasteiger partial charge in [-0.25, -0.2) is 0 Å². The fourth-order valence-electron chi connectivity index (χ4n) is 6.98. The zero-order valence-electron chi connectivity index (χ0n) is 25.7. The summed E-state index contributed by atoms with van der Waals surface area (Å²) in [5.74, 6) is -0.514. The molecule has 0 unspecified atom stereocenters. The number of ether oxygens (including phenoxy) is 1. The first-order chi connectivity index (χ1) is 20.8. The topological polar surface area (TPSA) is 29.5 Å². The number of fused-ring (bicyclic) bond motifs is 4. The molecule has 3 nitrogen and oxygen atoms in total. The lowest BCUT2D eigenvalue weighted by atomic mass is 9.62. The zero-order chi connectivity index (χ0) is 30.3. The van der Waals surface area contributed by atoms with Gasteiger partial charge in [-0.2, -0.15) is 0 Å². The van der Waals surface area contributed by atoms with E-state index in [1.165, 1.54) is 4.90 Å². The number of nitrogens with zero attached hydrogens (tertiary/aromatic N) is 1. The van der Waals surface area contributed by atoms with E-state index in [4.69, 9.17) is 4.74 Å². The molecule has 0 spiro atoms. The standard InChI is InChI=1S/C38H39NO2S2/c1-24(2)39(25(3)4)37-33-14-10-9-13-32(33)34-23-27-11-7-8-12-31(27)35(36(40)26-15-19-29(42-5)20-16-26)38(34,41-37)28-17-21-30(43-6)22-18-28/h7-25,35,37H,1-6H3/t35-,37+,38-/m0/s1. The summed E-state index contributed by atoms with van der Waals surface area (Å²) < 4.78 is 7.63. The number of thioether (sulfide) groups is 2. The lowest BCUT2D eigenvalue weighted by molar-refractivity contribution is -0.166. The molecule has 0 fully saturated rings. The minimum absolute atomic E-state index is 0.0680. The number of Topliss-reactive ketones (excluding diaryl/α,β-unsaturated/α-hetero) is 1. The maximum atomic E-state index is 15.0. The second kappa shape index (κ2) is 12.1. The molecular weight excluding hydrogens is 567 g/mol. The summed E-state index contributed by atoms with van der Waals surface area (Å²) in [7, 11) is 0. The van der Waals surface area contributed by atoms with Crippen molar-refractivity contribution in [3.8, 4) is 0 Å². The van der Waals surface area contributed by atoms with Crippen molar-refractivity contribution in [2.24, 2.45) is 0 Å². The first kappa shape index (κ1) is 30.0. The maximum absolute atomic E-state index is 15.0. The van der Waals surface area contributed by atoms with Crippen molar-refractivity contribution in [1.29, 1.82) is 0 Å². The first-order valence-electron chi connectivity index (χ1n) is 15.0. The molecule has 1 aliphatic carbocycles. The molecule has 0 aromatic heterocycles. The van der Waals surface area contributed by atoms with E-state index >= 15 is 4.79 Å². The molecule has 0 radical (unpaired) electrons. The summed E-state index contributed by atoms with van der Waals surface area (Å²) >= 11 is 3.40. The molecule has 43 heavy (non-hydrogen) atoms. The Kier molecular flexibility index (Phi) is 8.45. The number of hydrogen-bond acceptors (Lipinski definition) is 5. The van der Waals surface area contributed by atoms with E-state index in [-0.39, 0.29) is 24.1 Å². The van der Waals surface area contributed by atoms with Crippen LogP contribution in [0.2, 0.25) is 0 Å². The highest BCUT2D eigenvalue weighted by Crippen LogP contribution is 2.61. The zero-order valence-corrected chi connectivity index (χ0v) is 27.3. The molecule has 1 heterocycles. The van der Waals surface area contributed by atoms with Gasteiger partial charge in [0.15, 0.2) is 5.78 Å². The second-order valence-corrected chi connectivity index (χ2v) is 13.6. The van der Waals surface area contributed by atoms with Crippen molar-refractivity contribution in [2.75, 3.05) is 12.5 Å². The number of carbonyl (C=O) groups excluding carboxylic acids is 1. The van der Waals surface area contributed by atoms with E-state index in [1.54, 1.807) is 23.5 Å². The van der Waals surface area contributed by atoms with E-state index in [1.807, 2.05) is 30.3 Å². The third-order valence-corrected chi connectivity index (χ3v) is 10.3. The van der Waals surface area contributed by atoms with Gasteiger partial charge in [0.1, 0.15) is 11.8 Å². The van der Waals surface area contributed by atoms with Crippen LogP contribution in [0.4, 0.5) is 0 Å². The van der Waals surface area contributed by atoms with Crippen molar-refractivity contribution >= 4 is 41.0 Å². The van der Waals surface area contributed by atoms with Crippen LogP contribution in [0.25, 0.3) is 11.6 Å². The Bertz CT molecular complexity index is 1650. The van der Waals surface area contributed by atoms with Gasteiger partial charge in [-0.15, -0.1) is 23.5 Å². The van der Waals surface area contributed by atoms with Gasteiger partial charge in [-0.3, -0.25) is 9.69 Å². The van der Waals surface area contributed by atoms with Crippen molar-refractivity contribution in [1.82, 2.24) is 4.90 Å². The molecule has 0 amide bonds. The van der Waals surface area contributed by atoms with E-state index in [9.17, 15) is 0 Å². The molecular formula is C38H39NO2S2. The number of benzene rings is 4. The van der Waals surface area contributed by atoms with Crippen LogP contribution < -0.4 is 0 Å². The summed E-state index contributed by atoms with van der Waals surface area (Å²) in [6.07, 6.45) is 6.07. The molecule has 5 heteroatoms. The van der Waals surface area contributed by atoms with E-state index < -0.39 is 11.5 Å². The third-order valence-electron chi connectivity index (χ3n) is 8.85. The first-order valence-corrected chi connectivity index (χ1v) is 17.4. The highest BCUT2D eigenvalue weighted by molar-refractivity contribution is 7.98. The Hall–Kier alpha value is -3.09. The Morgan fingerprint density at radius 2 is 1.30 bits per heavy atom. The normalized spacial score (nSPS) is 20.9. The SMILES string of the molecule is CSc1ccc(C(=O)[C@@H]2c3ccccc3C=C3c4ccccc4[C@H](N(C(C)C)C(C)C)O[C@@]32c2ccc(SC)cc2)cc1. The van der Waals surface area contributed by atoms with Crippen LogP contribution in [0.5, 0.6) is 0 Å². The summed E-state index contributed by atoms with van der Waals surface area (Å²) in [6, 6.07) is 34.1. The Morgan fingerprint density at radius 1 is 0.744 bits per heavy atom. The molecule has 2 aliphatic rings. The van der Waals surface area contributed by atoms with Crippen molar-refractivity contribution in [3.63, 3.8) is 0 Å². The molecule has 3 atom stereocenters. The lowest BCUT2D eigenvalue weighted by Gasteiger charge is -2.53. The van der Waals surface area contributed by atoms with Gasteiger partial charge in [0.05, 0.1) is 5.92 Å². The maximum Gasteiger partial charge on any atom is 0.173 e. The molecule has 6 rings (SSSR count). The van der Waals surface area contributed by atoms with Crippen LogP contribution in [-0.4, -0.2) is 35.3 Å². The quantitative estimate of drug-likeness (QED) is 0.147.